The fraction of sp³-hybridized carbons (Fsp3) is 1.00. The van der Waals surface area contributed by atoms with E-state index in [1.165, 1.54) is 0 Å². The van der Waals surface area contributed by atoms with Crippen LogP contribution in [0.5, 0.6) is 0 Å². The predicted molar refractivity (Wildman–Crippen MR) is 86.1 cm³/mol. The predicted octanol–water partition coefficient (Wildman–Crippen LogP) is 7.86. The second-order valence-corrected chi connectivity index (χ2v) is 7.63. The largest absolute Gasteiger partial charge is 0.426 e. The maximum absolute atomic E-state index is 13.4. The lowest BCUT2D eigenvalue weighted by Gasteiger charge is -2.46. The van der Waals surface area contributed by atoms with Gasteiger partial charge < -0.3 is 4.74 Å². The van der Waals surface area contributed by atoms with Crippen LogP contribution >= 0.6 is 31.9 Å². The lowest BCUT2D eigenvalue weighted by atomic mass is 9.89. The summed E-state index contributed by atoms with van der Waals surface area (Å²) in [5, 5.41) is -0.235. The molecule has 0 aromatic carbocycles. The molecule has 0 aliphatic rings. The molecule has 0 spiro atoms. The number of ether oxygens (including phenoxy) is 1. The van der Waals surface area contributed by atoms with Gasteiger partial charge in [0.1, 0.15) is 0 Å². The van der Waals surface area contributed by atoms with E-state index in [4.69, 9.17) is 0 Å². The SMILES string of the molecule is FC(F)(F)C(CCCCBr)(OC(CCCCBr)(C(F)(F)F)C(F)(F)F)C(F)(F)F. The summed E-state index contributed by atoms with van der Waals surface area (Å²) in [5.41, 5.74) is -11.3. The monoisotopic (exact) mass is 586 g/mol. The molecule has 176 valence electrons. The molecule has 0 saturated carbocycles. The molecule has 0 amide bonds. The second kappa shape index (κ2) is 10.1. The zero-order chi connectivity index (χ0) is 23.4. The Morgan fingerprint density at radius 1 is 0.448 bits per heavy atom. The van der Waals surface area contributed by atoms with E-state index in [2.05, 4.69) is 36.6 Å². The van der Waals surface area contributed by atoms with Crippen LogP contribution in [0.25, 0.3) is 0 Å². The Bertz CT molecular complexity index is 423. The van der Waals surface area contributed by atoms with Crippen LogP contribution in [-0.4, -0.2) is 46.6 Å². The molecule has 29 heavy (non-hydrogen) atoms. The van der Waals surface area contributed by atoms with Gasteiger partial charge in [0.05, 0.1) is 0 Å². The second-order valence-electron chi connectivity index (χ2n) is 6.04. The van der Waals surface area contributed by atoms with Gasteiger partial charge in [-0.2, -0.15) is 52.7 Å². The van der Waals surface area contributed by atoms with Crippen molar-refractivity contribution >= 4 is 31.9 Å². The molecular formula is C14H16Br2F12O. The molecule has 0 fully saturated rings. The maximum Gasteiger partial charge on any atom is 0.426 e. The van der Waals surface area contributed by atoms with Crippen LogP contribution in [0, 0.1) is 0 Å². The molecule has 0 N–H and O–H groups in total. The first-order valence-corrected chi connectivity index (χ1v) is 10.2. The summed E-state index contributed by atoms with van der Waals surface area (Å²) in [6, 6.07) is 0. The minimum atomic E-state index is -6.59. The van der Waals surface area contributed by atoms with Crippen LogP contribution in [0.2, 0.25) is 0 Å². The summed E-state index contributed by atoms with van der Waals surface area (Å²) in [7, 11) is 0. The Balaban J connectivity index is 6.70. The Hall–Kier alpha value is 0.0800. The molecule has 0 aromatic rings. The molecule has 15 heteroatoms. The number of alkyl halides is 14. The van der Waals surface area contributed by atoms with Gasteiger partial charge in [0, 0.05) is 10.7 Å². The van der Waals surface area contributed by atoms with E-state index in [1.54, 1.807) is 0 Å². The van der Waals surface area contributed by atoms with E-state index < -0.39 is 61.6 Å². The number of unbranched alkanes of at least 4 members (excludes halogenated alkanes) is 2. The topological polar surface area (TPSA) is 9.23 Å². The molecule has 0 unspecified atom stereocenters. The molecule has 0 saturated heterocycles. The molecular weight excluding hydrogens is 572 g/mol. The molecule has 1 nitrogen and oxygen atoms in total. The highest BCUT2D eigenvalue weighted by molar-refractivity contribution is 9.09. The number of halogens is 14. The highest BCUT2D eigenvalue weighted by Crippen LogP contribution is 2.57. The van der Waals surface area contributed by atoms with E-state index in [-0.39, 0.29) is 23.5 Å². The van der Waals surface area contributed by atoms with Gasteiger partial charge in [-0.05, 0) is 38.5 Å². The van der Waals surface area contributed by atoms with E-state index in [9.17, 15) is 52.7 Å². The van der Waals surface area contributed by atoms with Crippen molar-refractivity contribution in [2.45, 2.75) is 74.4 Å². The molecule has 0 aromatic heterocycles. The number of hydrogen-bond donors (Lipinski definition) is 0. The highest BCUT2D eigenvalue weighted by atomic mass is 79.9. The third-order valence-corrected chi connectivity index (χ3v) is 5.13. The van der Waals surface area contributed by atoms with Crippen LogP contribution < -0.4 is 0 Å². The summed E-state index contributed by atoms with van der Waals surface area (Å²) in [6.07, 6.45) is -33.4. The van der Waals surface area contributed by atoms with Crippen LogP contribution in [-0.2, 0) is 4.74 Å². The fourth-order valence-electron chi connectivity index (χ4n) is 2.46. The third-order valence-electron chi connectivity index (χ3n) is 4.01. The van der Waals surface area contributed by atoms with Crippen molar-refractivity contribution in [1.29, 1.82) is 0 Å². The molecule has 0 radical (unpaired) electrons. The van der Waals surface area contributed by atoms with Crippen molar-refractivity contribution in [3.63, 3.8) is 0 Å². The summed E-state index contributed by atoms with van der Waals surface area (Å²) >= 11 is 5.43. The summed E-state index contributed by atoms with van der Waals surface area (Å²) in [5.74, 6) is 0. The Labute approximate surface area is 174 Å². The minimum Gasteiger partial charge on any atom is -0.334 e. The van der Waals surface area contributed by atoms with Crippen LogP contribution in [0.3, 0.4) is 0 Å². The first kappa shape index (κ1) is 29.1. The molecule has 0 heterocycles. The average Bonchev–Trinajstić information content (AvgIpc) is 2.47. The van der Waals surface area contributed by atoms with Gasteiger partial charge in [0.2, 0.25) is 0 Å². The molecule has 0 rings (SSSR count). The quantitative estimate of drug-likeness (QED) is 0.144. The van der Waals surface area contributed by atoms with E-state index in [0.717, 1.165) is 0 Å². The zero-order valence-electron chi connectivity index (χ0n) is 14.4. The molecule has 0 bridgehead atoms. The zero-order valence-corrected chi connectivity index (χ0v) is 17.5. The maximum atomic E-state index is 13.4. The summed E-state index contributed by atoms with van der Waals surface area (Å²) < 4.78 is 164. The smallest absolute Gasteiger partial charge is 0.334 e. The minimum absolute atomic E-state index is 0.117. The van der Waals surface area contributed by atoms with Gasteiger partial charge >= 0.3 is 24.7 Å². The summed E-state index contributed by atoms with van der Waals surface area (Å²) in [6.45, 7) is 0. The molecule has 0 aliphatic heterocycles. The van der Waals surface area contributed by atoms with Gasteiger partial charge in [-0.1, -0.05) is 31.9 Å². The summed E-state index contributed by atoms with van der Waals surface area (Å²) in [4.78, 5) is 0. The Kier molecular flexibility index (Phi) is 10.2. The highest BCUT2D eigenvalue weighted by Gasteiger charge is 2.81. The first-order valence-electron chi connectivity index (χ1n) is 7.92. The third kappa shape index (κ3) is 6.53. The van der Waals surface area contributed by atoms with Gasteiger partial charge in [0.25, 0.3) is 11.2 Å². The van der Waals surface area contributed by atoms with Crippen molar-refractivity contribution < 1.29 is 57.4 Å². The van der Waals surface area contributed by atoms with Crippen molar-refractivity contribution in [3.05, 3.63) is 0 Å². The Morgan fingerprint density at radius 2 is 0.690 bits per heavy atom. The van der Waals surface area contributed by atoms with Gasteiger partial charge in [0.15, 0.2) is 0 Å². The fourth-order valence-corrected chi connectivity index (χ4v) is 3.25. The van der Waals surface area contributed by atoms with E-state index in [0.29, 0.717) is 0 Å². The van der Waals surface area contributed by atoms with Crippen LogP contribution in [0.4, 0.5) is 52.7 Å². The molecule has 0 aliphatic carbocycles. The van der Waals surface area contributed by atoms with Gasteiger partial charge in [-0.15, -0.1) is 0 Å². The normalized spacial score (nSPS) is 15.1. The standard InChI is InChI=1S/C14H16Br2F12O/c15-7-3-1-5-9(11(17,18)19,12(20,21)22)29-10(13(23,24)25,14(26,27)28)6-2-4-8-16/h1-8H2. The van der Waals surface area contributed by atoms with Crippen LogP contribution in [0.15, 0.2) is 0 Å². The number of rotatable bonds is 10. The van der Waals surface area contributed by atoms with Crippen molar-refractivity contribution in [2.75, 3.05) is 10.7 Å². The lowest BCUT2D eigenvalue weighted by molar-refractivity contribution is -0.470. The molecule has 0 atom stereocenters. The van der Waals surface area contributed by atoms with E-state index in [1.807, 2.05) is 0 Å². The van der Waals surface area contributed by atoms with Gasteiger partial charge in [-0.25, -0.2) is 0 Å². The van der Waals surface area contributed by atoms with E-state index >= 15 is 0 Å². The van der Waals surface area contributed by atoms with Crippen LogP contribution in [0.1, 0.15) is 38.5 Å². The number of hydrogen-bond acceptors (Lipinski definition) is 1. The average molecular weight is 588 g/mol. The van der Waals surface area contributed by atoms with Gasteiger partial charge in [-0.3, -0.25) is 0 Å². The first-order chi connectivity index (χ1) is 12.8. The van der Waals surface area contributed by atoms with Crippen molar-refractivity contribution in [3.8, 4) is 0 Å². The van der Waals surface area contributed by atoms with Crippen molar-refractivity contribution in [2.24, 2.45) is 0 Å². The van der Waals surface area contributed by atoms with Crippen molar-refractivity contribution in [1.82, 2.24) is 0 Å². The lowest BCUT2D eigenvalue weighted by Crippen LogP contribution is -2.69. The Morgan fingerprint density at radius 3 is 0.862 bits per heavy atom.